The molecule has 3 nitrogen and oxygen atoms in total. The molecular weight excluding hydrogens is 248 g/mol. The molecule has 0 N–H and O–H groups in total. The lowest BCUT2D eigenvalue weighted by Gasteiger charge is -2.23. The van der Waals surface area contributed by atoms with Crippen molar-refractivity contribution in [2.75, 3.05) is 6.26 Å². The van der Waals surface area contributed by atoms with Crippen LogP contribution in [0.1, 0.15) is 44.2 Å². The lowest BCUT2D eigenvalue weighted by molar-refractivity contribution is -0.108. The standard InChI is InChI=1S/C14H20O3S/c1-11(9-10-15)12-5-7-13(8-6-12)14(2,3)18(4,16)17/h5-8,10-11H,9H2,1-4H3. The van der Waals surface area contributed by atoms with Gasteiger partial charge in [0.15, 0.2) is 9.84 Å². The number of carbonyl (C=O) groups is 1. The molecule has 0 aromatic heterocycles. The minimum Gasteiger partial charge on any atom is -0.303 e. The van der Waals surface area contributed by atoms with Crippen LogP contribution in [0.15, 0.2) is 24.3 Å². The molecule has 100 valence electrons. The van der Waals surface area contributed by atoms with Gasteiger partial charge in [-0.25, -0.2) is 8.42 Å². The third-order valence-corrected chi connectivity index (χ3v) is 5.64. The number of hydrogen-bond acceptors (Lipinski definition) is 3. The topological polar surface area (TPSA) is 51.2 Å². The van der Waals surface area contributed by atoms with Gasteiger partial charge in [-0.1, -0.05) is 31.2 Å². The summed E-state index contributed by atoms with van der Waals surface area (Å²) in [5.74, 6) is 0.165. The Labute approximate surface area is 109 Å². The normalized spacial score (nSPS) is 14.2. The summed E-state index contributed by atoms with van der Waals surface area (Å²) in [6.07, 6.45) is 2.63. The lowest BCUT2D eigenvalue weighted by Crippen LogP contribution is -2.27. The highest BCUT2D eigenvalue weighted by molar-refractivity contribution is 7.91. The van der Waals surface area contributed by atoms with Crippen LogP contribution in [0.4, 0.5) is 0 Å². The molecule has 4 heteroatoms. The molecule has 0 aliphatic carbocycles. The zero-order chi connectivity index (χ0) is 14.0. The van der Waals surface area contributed by atoms with Gasteiger partial charge in [0.1, 0.15) is 6.29 Å². The Morgan fingerprint density at radius 2 is 1.72 bits per heavy atom. The summed E-state index contributed by atoms with van der Waals surface area (Å²) in [4.78, 5) is 10.5. The van der Waals surface area contributed by atoms with Gasteiger partial charge in [-0.05, 0) is 30.9 Å². The molecule has 0 aliphatic rings. The average Bonchev–Trinajstić information content (AvgIpc) is 2.28. The minimum atomic E-state index is -3.15. The molecule has 0 amide bonds. The maximum absolute atomic E-state index is 11.7. The van der Waals surface area contributed by atoms with Gasteiger partial charge in [0, 0.05) is 12.7 Å². The maximum Gasteiger partial charge on any atom is 0.156 e. The van der Waals surface area contributed by atoms with Crippen molar-refractivity contribution in [2.45, 2.75) is 37.9 Å². The Kier molecular flexibility index (Phi) is 4.32. The van der Waals surface area contributed by atoms with Gasteiger partial charge < -0.3 is 4.79 Å². The van der Waals surface area contributed by atoms with Crippen molar-refractivity contribution in [1.82, 2.24) is 0 Å². The monoisotopic (exact) mass is 268 g/mol. The van der Waals surface area contributed by atoms with Crippen LogP contribution < -0.4 is 0 Å². The van der Waals surface area contributed by atoms with E-state index in [2.05, 4.69) is 0 Å². The molecule has 1 aromatic carbocycles. The van der Waals surface area contributed by atoms with E-state index >= 15 is 0 Å². The Bertz CT molecular complexity index is 512. The van der Waals surface area contributed by atoms with Crippen molar-refractivity contribution in [2.24, 2.45) is 0 Å². The van der Waals surface area contributed by atoms with Gasteiger partial charge in [-0.2, -0.15) is 0 Å². The fraction of sp³-hybridized carbons (Fsp3) is 0.500. The Morgan fingerprint density at radius 1 is 1.22 bits per heavy atom. The fourth-order valence-electron chi connectivity index (χ4n) is 1.71. The van der Waals surface area contributed by atoms with Crippen molar-refractivity contribution < 1.29 is 13.2 Å². The first kappa shape index (κ1) is 14.9. The molecule has 0 heterocycles. The first-order valence-corrected chi connectivity index (χ1v) is 7.83. The van der Waals surface area contributed by atoms with Crippen LogP contribution in [-0.2, 0) is 19.4 Å². The smallest absolute Gasteiger partial charge is 0.156 e. The molecule has 0 radical (unpaired) electrons. The zero-order valence-electron chi connectivity index (χ0n) is 11.3. The molecule has 0 spiro atoms. The number of aldehydes is 1. The number of carbonyl (C=O) groups excluding carboxylic acids is 1. The van der Waals surface area contributed by atoms with E-state index in [4.69, 9.17) is 0 Å². The van der Waals surface area contributed by atoms with Gasteiger partial charge in [0.25, 0.3) is 0 Å². The maximum atomic E-state index is 11.7. The van der Waals surface area contributed by atoms with Crippen LogP contribution in [0.5, 0.6) is 0 Å². The van der Waals surface area contributed by atoms with Gasteiger partial charge in [0.2, 0.25) is 0 Å². The molecular formula is C14H20O3S. The molecule has 0 bridgehead atoms. The van der Waals surface area contributed by atoms with E-state index in [1.54, 1.807) is 13.8 Å². The highest BCUT2D eigenvalue weighted by atomic mass is 32.2. The van der Waals surface area contributed by atoms with E-state index in [1.807, 2.05) is 31.2 Å². The summed E-state index contributed by atoms with van der Waals surface area (Å²) in [6.45, 7) is 5.38. The molecule has 1 unspecified atom stereocenters. The predicted molar refractivity (Wildman–Crippen MR) is 73.4 cm³/mol. The summed E-state index contributed by atoms with van der Waals surface area (Å²) in [5, 5.41) is 0. The summed E-state index contributed by atoms with van der Waals surface area (Å²) in [6, 6.07) is 7.46. The van der Waals surface area contributed by atoms with Crippen molar-refractivity contribution >= 4 is 16.1 Å². The van der Waals surface area contributed by atoms with E-state index < -0.39 is 14.6 Å². The van der Waals surface area contributed by atoms with Gasteiger partial charge in [-0.3, -0.25) is 0 Å². The van der Waals surface area contributed by atoms with Crippen LogP contribution in [-0.4, -0.2) is 21.0 Å². The number of benzene rings is 1. The van der Waals surface area contributed by atoms with Crippen LogP contribution in [0, 0.1) is 0 Å². The molecule has 1 rings (SSSR count). The highest BCUT2D eigenvalue weighted by Gasteiger charge is 2.32. The Hall–Kier alpha value is -1.16. The zero-order valence-corrected chi connectivity index (χ0v) is 12.1. The van der Waals surface area contributed by atoms with E-state index in [0.717, 1.165) is 17.4 Å². The second kappa shape index (κ2) is 5.22. The van der Waals surface area contributed by atoms with Crippen LogP contribution >= 0.6 is 0 Å². The molecule has 0 saturated carbocycles. The second-order valence-electron chi connectivity index (χ2n) is 5.21. The minimum absolute atomic E-state index is 0.165. The first-order chi connectivity index (χ1) is 8.20. The summed E-state index contributed by atoms with van der Waals surface area (Å²) < 4.78 is 22.6. The van der Waals surface area contributed by atoms with Gasteiger partial charge >= 0.3 is 0 Å². The number of sulfone groups is 1. The van der Waals surface area contributed by atoms with Crippen LogP contribution in [0.25, 0.3) is 0 Å². The Balaban J connectivity index is 3.07. The fourth-order valence-corrected chi connectivity index (χ4v) is 2.27. The van der Waals surface area contributed by atoms with Crippen molar-refractivity contribution in [3.05, 3.63) is 35.4 Å². The first-order valence-electron chi connectivity index (χ1n) is 5.94. The molecule has 0 fully saturated rings. The lowest BCUT2D eigenvalue weighted by atomic mass is 9.94. The van der Waals surface area contributed by atoms with Crippen LogP contribution in [0.3, 0.4) is 0 Å². The van der Waals surface area contributed by atoms with E-state index in [0.29, 0.717) is 6.42 Å². The van der Waals surface area contributed by atoms with Crippen molar-refractivity contribution in [3.63, 3.8) is 0 Å². The predicted octanol–water partition coefficient (Wildman–Crippen LogP) is 2.66. The summed E-state index contributed by atoms with van der Waals surface area (Å²) >= 11 is 0. The van der Waals surface area contributed by atoms with Crippen molar-refractivity contribution in [3.8, 4) is 0 Å². The third kappa shape index (κ3) is 2.99. The molecule has 18 heavy (non-hydrogen) atoms. The van der Waals surface area contributed by atoms with E-state index in [9.17, 15) is 13.2 Å². The molecule has 1 aromatic rings. The molecule has 1 atom stereocenters. The third-order valence-electron chi connectivity index (χ3n) is 3.55. The van der Waals surface area contributed by atoms with E-state index in [1.165, 1.54) is 6.26 Å². The number of rotatable bonds is 5. The largest absolute Gasteiger partial charge is 0.303 e. The molecule has 0 saturated heterocycles. The molecule has 0 aliphatic heterocycles. The SMILES string of the molecule is CC(CC=O)c1ccc(C(C)(C)S(C)(=O)=O)cc1. The van der Waals surface area contributed by atoms with Crippen molar-refractivity contribution in [1.29, 1.82) is 0 Å². The quantitative estimate of drug-likeness (QED) is 0.771. The highest BCUT2D eigenvalue weighted by Crippen LogP contribution is 2.30. The average molecular weight is 268 g/mol. The van der Waals surface area contributed by atoms with Crippen LogP contribution in [0.2, 0.25) is 0 Å². The summed E-state index contributed by atoms with van der Waals surface area (Å²) in [5.41, 5.74) is 1.82. The second-order valence-corrected chi connectivity index (χ2v) is 7.77. The van der Waals surface area contributed by atoms with Gasteiger partial charge in [-0.15, -0.1) is 0 Å². The van der Waals surface area contributed by atoms with Gasteiger partial charge in [0.05, 0.1) is 4.75 Å². The summed E-state index contributed by atoms with van der Waals surface area (Å²) in [7, 11) is -3.15. The van der Waals surface area contributed by atoms with E-state index in [-0.39, 0.29) is 5.92 Å². The number of hydrogen-bond donors (Lipinski definition) is 0. The Morgan fingerprint density at radius 3 is 2.11 bits per heavy atom.